The zero-order valence-electron chi connectivity index (χ0n) is 11.5. The molecule has 0 radical (unpaired) electrons. The molecule has 0 saturated carbocycles. The molecule has 0 spiro atoms. The summed E-state index contributed by atoms with van der Waals surface area (Å²) in [7, 11) is 0. The summed E-state index contributed by atoms with van der Waals surface area (Å²) in [4.78, 5) is 0. The smallest absolute Gasteiger partial charge is 0.119 e. The van der Waals surface area contributed by atoms with Gasteiger partial charge in [0.25, 0.3) is 0 Å². The molecule has 1 aromatic rings. The lowest BCUT2D eigenvalue weighted by Gasteiger charge is -2.12. The summed E-state index contributed by atoms with van der Waals surface area (Å²) in [6.07, 6.45) is 1.88. The molecule has 0 amide bonds. The Morgan fingerprint density at radius 3 is 2.94 bits per heavy atom. The van der Waals surface area contributed by atoms with Crippen LogP contribution in [0, 0.1) is 5.92 Å². The highest BCUT2D eigenvalue weighted by Gasteiger charge is 2.01. The van der Waals surface area contributed by atoms with Gasteiger partial charge in [0, 0.05) is 13.2 Å². The van der Waals surface area contributed by atoms with Crippen molar-refractivity contribution in [3.05, 3.63) is 29.8 Å². The van der Waals surface area contributed by atoms with Gasteiger partial charge in [0.1, 0.15) is 5.75 Å². The highest BCUT2D eigenvalue weighted by atomic mass is 16.5. The summed E-state index contributed by atoms with van der Waals surface area (Å²) in [5, 5.41) is 12.2. The Morgan fingerprint density at radius 1 is 1.39 bits per heavy atom. The molecule has 1 rings (SSSR count). The maximum atomic E-state index is 8.83. The zero-order chi connectivity index (χ0) is 13.2. The van der Waals surface area contributed by atoms with Crippen LogP contribution in [0.1, 0.15) is 32.3 Å². The second-order valence-corrected chi connectivity index (χ2v) is 4.74. The first-order valence-electron chi connectivity index (χ1n) is 6.79. The van der Waals surface area contributed by atoms with Gasteiger partial charge in [-0.1, -0.05) is 26.0 Å². The molecular weight excluding hydrogens is 226 g/mol. The Bertz CT molecular complexity index is 328. The number of ether oxygens (including phenoxy) is 1. The third-order valence-corrected chi connectivity index (χ3v) is 2.82. The summed E-state index contributed by atoms with van der Waals surface area (Å²) >= 11 is 0. The Labute approximate surface area is 110 Å². The van der Waals surface area contributed by atoms with Crippen molar-refractivity contribution in [2.24, 2.45) is 5.92 Å². The summed E-state index contributed by atoms with van der Waals surface area (Å²) in [5.41, 5.74) is 1.24. The number of aliphatic hydroxyl groups excluding tert-OH is 1. The highest BCUT2D eigenvalue weighted by molar-refractivity contribution is 5.28. The minimum Gasteiger partial charge on any atom is -0.494 e. The van der Waals surface area contributed by atoms with E-state index in [4.69, 9.17) is 9.84 Å². The molecule has 1 unspecified atom stereocenters. The third kappa shape index (κ3) is 6.03. The van der Waals surface area contributed by atoms with E-state index in [0.29, 0.717) is 5.92 Å². The summed E-state index contributed by atoms with van der Waals surface area (Å²) in [5.74, 6) is 1.45. The Morgan fingerprint density at radius 2 is 2.22 bits per heavy atom. The van der Waals surface area contributed by atoms with E-state index >= 15 is 0 Å². The molecule has 3 heteroatoms. The molecule has 0 bridgehead atoms. The lowest BCUT2D eigenvalue weighted by atomic mass is 10.1. The SMILES string of the molecule is CCCOc1cccc(CNCC(C)CCO)c1. The van der Waals surface area contributed by atoms with E-state index in [2.05, 4.69) is 31.3 Å². The Balaban J connectivity index is 2.33. The van der Waals surface area contributed by atoms with E-state index in [-0.39, 0.29) is 6.61 Å². The molecule has 2 N–H and O–H groups in total. The lowest BCUT2D eigenvalue weighted by molar-refractivity contribution is 0.260. The van der Waals surface area contributed by atoms with Crippen LogP contribution in [-0.2, 0) is 6.54 Å². The van der Waals surface area contributed by atoms with Crippen LogP contribution in [0.5, 0.6) is 5.75 Å². The van der Waals surface area contributed by atoms with E-state index < -0.39 is 0 Å². The van der Waals surface area contributed by atoms with E-state index in [0.717, 1.165) is 38.3 Å². The lowest BCUT2D eigenvalue weighted by Crippen LogP contribution is -2.21. The van der Waals surface area contributed by atoms with Gasteiger partial charge < -0.3 is 15.2 Å². The number of aliphatic hydroxyl groups is 1. The molecule has 0 aromatic heterocycles. The molecule has 1 atom stereocenters. The van der Waals surface area contributed by atoms with Crippen molar-refractivity contribution in [3.8, 4) is 5.75 Å². The molecule has 102 valence electrons. The van der Waals surface area contributed by atoms with Crippen LogP contribution in [0.3, 0.4) is 0 Å². The standard InChI is InChI=1S/C15H25NO2/c1-3-9-18-15-6-4-5-14(10-15)12-16-11-13(2)7-8-17/h4-6,10,13,16-17H,3,7-9,11-12H2,1-2H3. The average Bonchev–Trinajstić information content (AvgIpc) is 2.37. The van der Waals surface area contributed by atoms with Gasteiger partial charge >= 0.3 is 0 Å². The fraction of sp³-hybridized carbons (Fsp3) is 0.600. The van der Waals surface area contributed by atoms with E-state index in [1.807, 2.05) is 12.1 Å². The van der Waals surface area contributed by atoms with Crippen LogP contribution in [0.2, 0.25) is 0 Å². The quantitative estimate of drug-likeness (QED) is 0.709. The maximum absolute atomic E-state index is 8.83. The van der Waals surface area contributed by atoms with Crippen LogP contribution in [0.25, 0.3) is 0 Å². The summed E-state index contributed by atoms with van der Waals surface area (Å²) < 4.78 is 5.60. The van der Waals surface area contributed by atoms with Crippen LogP contribution in [0.15, 0.2) is 24.3 Å². The average molecular weight is 251 g/mol. The number of rotatable bonds is 9. The van der Waals surface area contributed by atoms with Crippen molar-refractivity contribution in [2.75, 3.05) is 19.8 Å². The zero-order valence-corrected chi connectivity index (χ0v) is 11.5. The van der Waals surface area contributed by atoms with E-state index in [9.17, 15) is 0 Å². The molecule has 0 aliphatic rings. The van der Waals surface area contributed by atoms with Crippen molar-refractivity contribution in [3.63, 3.8) is 0 Å². The largest absolute Gasteiger partial charge is 0.494 e. The highest BCUT2D eigenvalue weighted by Crippen LogP contribution is 2.13. The van der Waals surface area contributed by atoms with Gasteiger partial charge in [0.15, 0.2) is 0 Å². The van der Waals surface area contributed by atoms with Crippen LogP contribution < -0.4 is 10.1 Å². The number of benzene rings is 1. The van der Waals surface area contributed by atoms with Gasteiger partial charge in [0.2, 0.25) is 0 Å². The van der Waals surface area contributed by atoms with Crippen molar-refractivity contribution >= 4 is 0 Å². The molecule has 18 heavy (non-hydrogen) atoms. The molecule has 0 fully saturated rings. The van der Waals surface area contributed by atoms with E-state index in [1.165, 1.54) is 5.56 Å². The second kappa shape index (κ2) is 8.95. The van der Waals surface area contributed by atoms with Crippen molar-refractivity contribution < 1.29 is 9.84 Å². The molecule has 0 heterocycles. The topological polar surface area (TPSA) is 41.5 Å². The molecule has 0 saturated heterocycles. The molecule has 0 aliphatic heterocycles. The van der Waals surface area contributed by atoms with Gasteiger partial charge in [-0.05, 0) is 43.0 Å². The first kappa shape index (κ1) is 15.0. The third-order valence-electron chi connectivity index (χ3n) is 2.82. The first-order valence-corrected chi connectivity index (χ1v) is 6.79. The van der Waals surface area contributed by atoms with Crippen LogP contribution in [-0.4, -0.2) is 24.9 Å². The van der Waals surface area contributed by atoms with E-state index in [1.54, 1.807) is 0 Å². The minimum absolute atomic E-state index is 0.267. The minimum atomic E-state index is 0.267. The predicted molar refractivity (Wildman–Crippen MR) is 74.8 cm³/mol. The number of hydrogen-bond acceptors (Lipinski definition) is 3. The first-order chi connectivity index (χ1) is 8.76. The van der Waals surface area contributed by atoms with Crippen molar-refractivity contribution in [1.82, 2.24) is 5.32 Å². The monoisotopic (exact) mass is 251 g/mol. The fourth-order valence-electron chi connectivity index (χ4n) is 1.75. The van der Waals surface area contributed by atoms with Gasteiger partial charge in [0.05, 0.1) is 6.61 Å². The maximum Gasteiger partial charge on any atom is 0.119 e. The normalized spacial score (nSPS) is 12.4. The van der Waals surface area contributed by atoms with Gasteiger partial charge in [-0.2, -0.15) is 0 Å². The molecular formula is C15H25NO2. The number of hydrogen-bond donors (Lipinski definition) is 2. The fourth-order valence-corrected chi connectivity index (χ4v) is 1.75. The Kier molecular flexibility index (Phi) is 7.46. The predicted octanol–water partition coefficient (Wildman–Crippen LogP) is 2.58. The summed E-state index contributed by atoms with van der Waals surface area (Å²) in [6, 6.07) is 8.20. The van der Waals surface area contributed by atoms with Crippen LogP contribution >= 0.6 is 0 Å². The van der Waals surface area contributed by atoms with Crippen molar-refractivity contribution in [1.29, 1.82) is 0 Å². The molecule has 3 nitrogen and oxygen atoms in total. The van der Waals surface area contributed by atoms with Gasteiger partial charge in [-0.25, -0.2) is 0 Å². The molecule has 0 aliphatic carbocycles. The number of nitrogens with one attached hydrogen (secondary N) is 1. The second-order valence-electron chi connectivity index (χ2n) is 4.74. The Hall–Kier alpha value is -1.06. The van der Waals surface area contributed by atoms with Crippen LogP contribution in [0.4, 0.5) is 0 Å². The van der Waals surface area contributed by atoms with Gasteiger partial charge in [-0.3, -0.25) is 0 Å². The summed E-state index contributed by atoms with van der Waals surface area (Å²) in [6.45, 7) is 7.06. The molecule has 1 aromatic carbocycles. The van der Waals surface area contributed by atoms with Gasteiger partial charge in [-0.15, -0.1) is 0 Å². The van der Waals surface area contributed by atoms with Crippen molar-refractivity contribution in [2.45, 2.75) is 33.2 Å².